The van der Waals surface area contributed by atoms with Crippen LogP contribution in [0.3, 0.4) is 0 Å². The van der Waals surface area contributed by atoms with E-state index in [-0.39, 0.29) is 5.41 Å². The zero-order valence-electron chi connectivity index (χ0n) is 11.9. The Bertz CT molecular complexity index is 605. The van der Waals surface area contributed by atoms with Gasteiger partial charge in [0.25, 0.3) is 0 Å². The van der Waals surface area contributed by atoms with Gasteiger partial charge in [-0.2, -0.15) is 0 Å². The van der Waals surface area contributed by atoms with Crippen LogP contribution in [0.2, 0.25) is 0 Å². The van der Waals surface area contributed by atoms with Crippen molar-refractivity contribution in [3.05, 3.63) is 29.4 Å². The molecule has 0 radical (unpaired) electrons. The quantitative estimate of drug-likeness (QED) is 0.858. The third-order valence-corrected chi connectivity index (χ3v) is 4.82. The SMILES string of the molecule is CC1(c2cn(Cc3cnoc3C3CC3)nn2)CCCC1. The van der Waals surface area contributed by atoms with Crippen LogP contribution in [0, 0.1) is 0 Å². The van der Waals surface area contributed by atoms with Gasteiger partial charge in [0, 0.05) is 23.1 Å². The molecule has 0 N–H and O–H groups in total. The van der Waals surface area contributed by atoms with E-state index >= 15 is 0 Å². The highest BCUT2D eigenvalue weighted by atomic mass is 16.5. The Morgan fingerprint density at radius 1 is 1.35 bits per heavy atom. The van der Waals surface area contributed by atoms with Gasteiger partial charge in [0.05, 0.1) is 18.4 Å². The summed E-state index contributed by atoms with van der Waals surface area (Å²) in [5, 5.41) is 12.6. The molecule has 0 aliphatic heterocycles. The number of nitrogens with zero attached hydrogens (tertiary/aromatic N) is 4. The number of aromatic nitrogens is 4. The normalized spacial score (nSPS) is 21.4. The Hall–Kier alpha value is -1.65. The van der Waals surface area contributed by atoms with Crippen molar-refractivity contribution in [3.63, 3.8) is 0 Å². The summed E-state index contributed by atoms with van der Waals surface area (Å²) in [5.74, 6) is 1.64. The second-order valence-electron chi connectivity index (χ2n) is 6.56. The molecule has 106 valence electrons. The molecule has 20 heavy (non-hydrogen) atoms. The van der Waals surface area contributed by atoms with Crippen molar-refractivity contribution in [2.24, 2.45) is 0 Å². The van der Waals surface area contributed by atoms with Crippen molar-refractivity contribution in [2.45, 2.75) is 63.3 Å². The number of hydrogen-bond donors (Lipinski definition) is 0. The zero-order chi connectivity index (χ0) is 13.6. The molecule has 2 heterocycles. The topological polar surface area (TPSA) is 56.7 Å². The summed E-state index contributed by atoms with van der Waals surface area (Å²) in [4.78, 5) is 0. The third kappa shape index (κ3) is 2.05. The minimum atomic E-state index is 0.228. The summed E-state index contributed by atoms with van der Waals surface area (Å²) in [5.41, 5.74) is 2.52. The summed E-state index contributed by atoms with van der Waals surface area (Å²) in [7, 11) is 0. The van der Waals surface area contributed by atoms with E-state index in [1.165, 1.54) is 38.5 Å². The molecule has 2 aromatic heterocycles. The van der Waals surface area contributed by atoms with Crippen LogP contribution in [0.1, 0.15) is 68.4 Å². The molecule has 0 bridgehead atoms. The maximum absolute atomic E-state index is 5.38. The summed E-state index contributed by atoms with van der Waals surface area (Å²) in [6.07, 6.45) is 11.5. The molecule has 2 saturated carbocycles. The van der Waals surface area contributed by atoms with Gasteiger partial charge < -0.3 is 4.52 Å². The van der Waals surface area contributed by atoms with Gasteiger partial charge in [-0.3, -0.25) is 0 Å². The first-order valence-corrected chi connectivity index (χ1v) is 7.59. The van der Waals surface area contributed by atoms with E-state index in [9.17, 15) is 0 Å². The molecule has 0 saturated heterocycles. The van der Waals surface area contributed by atoms with Crippen LogP contribution >= 0.6 is 0 Å². The Balaban J connectivity index is 1.54. The monoisotopic (exact) mass is 272 g/mol. The Kier molecular flexibility index (Phi) is 2.69. The molecule has 2 aliphatic carbocycles. The molecule has 2 aromatic rings. The molecule has 5 nitrogen and oxygen atoms in total. The van der Waals surface area contributed by atoms with Gasteiger partial charge in [0.2, 0.25) is 0 Å². The molecule has 0 amide bonds. The molecule has 2 aliphatic rings. The summed E-state index contributed by atoms with van der Waals surface area (Å²) < 4.78 is 7.30. The predicted molar refractivity (Wildman–Crippen MR) is 73.4 cm³/mol. The van der Waals surface area contributed by atoms with Gasteiger partial charge >= 0.3 is 0 Å². The molecule has 0 spiro atoms. The van der Waals surface area contributed by atoms with Gasteiger partial charge in [-0.1, -0.05) is 30.1 Å². The number of rotatable bonds is 4. The van der Waals surface area contributed by atoms with E-state index in [1.807, 2.05) is 10.9 Å². The van der Waals surface area contributed by atoms with Gasteiger partial charge in [0.15, 0.2) is 0 Å². The van der Waals surface area contributed by atoms with Crippen molar-refractivity contribution < 1.29 is 4.52 Å². The summed E-state index contributed by atoms with van der Waals surface area (Å²) in [6, 6.07) is 0. The van der Waals surface area contributed by atoms with Crippen LogP contribution in [0.4, 0.5) is 0 Å². The maximum Gasteiger partial charge on any atom is 0.144 e. The van der Waals surface area contributed by atoms with Crippen LogP contribution in [0.15, 0.2) is 16.9 Å². The van der Waals surface area contributed by atoms with Crippen LogP contribution in [0.5, 0.6) is 0 Å². The fourth-order valence-electron chi connectivity index (χ4n) is 3.31. The van der Waals surface area contributed by atoms with E-state index < -0.39 is 0 Å². The first-order valence-electron chi connectivity index (χ1n) is 7.59. The summed E-state index contributed by atoms with van der Waals surface area (Å²) >= 11 is 0. The molecular weight excluding hydrogens is 252 g/mol. The lowest BCUT2D eigenvalue weighted by Crippen LogP contribution is -2.17. The smallest absolute Gasteiger partial charge is 0.144 e. The molecule has 2 fully saturated rings. The molecule has 0 unspecified atom stereocenters. The van der Waals surface area contributed by atoms with Crippen LogP contribution in [-0.2, 0) is 12.0 Å². The average molecular weight is 272 g/mol. The number of hydrogen-bond acceptors (Lipinski definition) is 4. The standard InChI is InChI=1S/C15H20N4O/c1-15(6-2-3-7-15)13-10-19(18-17-13)9-12-8-16-20-14(12)11-4-5-11/h8,10-11H,2-7,9H2,1H3. The van der Waals surface area contributed by atoms with Crippen molar-refractivity contribution in [1.82, 2.24) is 20.2 Å². The molecule has 0 aromatic carbocycles. The van der Waals surface area contributed by atoms with Crippen LogP contribution in [0.25, 0.3) is 0 Å². The fourth-order valence-corrected chi connectivity index (χ4v) is 3.31. The summed E-state index contributed by atoms with van der Waals surface area (Å²) in [6.45, 7) is 3.03. The molecule has 4 rings (SSSR count). The first-order chi connectivity index (χ1) is 9.74. The largest absolute Gasteiger partial charge is 0.361 e. The van der Waals surface area contributed by atoms with Crippen molar-refractivity contribution in [2.75, 3.05) is 0 Å². The predicted octanol–water partition coefficient (Wildman–Crippen LogP) is 3.02. The van der Waals surface area contributed by atoms with E-state index in [2.05, 4.69) is 28.6 Å². The molecular formula is C15H20N4O. The minimum absolute atomic E-state index is 0.228. The highest BCUT2D eigenvalue weighted by Gasteiger charge is 2.34. The van der Waals surface area contributed by atoms with Crippen LogP contribution < -0.4 is 0 Å². The maximum atomic E-state index is 5.38. The van der Waals surface area contributed by atoms with E-state index in [4.69, 9.17) is 4.52 Å². The van der Waals surface area contributed by atoms with Gasteiger partial charge in [-0.05, 0) is 25.7 Å². The van der Waals surface area contributed by atoms with Crippen molar-refractivity contribution >= 4 is 0 Å². The second-order valence-corrected chi connectivity index (χ2v) is 6.56. The van der Waals surface area contributed by atoms with Gasteiger partial charge in [-0.25, -0.2) is 4.68 Å². The Labute approximate surface area is 118 Å². The highest BCUT2D eigenvalue weighted by molar-refractivity contribution is 5.22. The van der Waals surface area contributed by atoms with Crippen molar-refractivity contribution in [1.29, 1.82) is 0 Å². The highest BCUT2D eigenvalue weighted by Crippen LogP contribution is 2.42. The van der Waals surface area contributed by atoms with Crippen LogP contribution in [-0.4, -0.2) is 20.2 Å². The zero-order valence-corrected chi connectivity index (χ0v) is 11.9. The van der Waals surface area contributed by atoms with E-state index in [0.717, 1.165) is 23.6 Å². The lowest BCUT2D eigenvalue weighted by atomic mass is 9.86. The third-order valence-electron chi connectivity index (χ3n) is 4.82. The minimum Gasteiger partial charge on any atom is -0.361 e. The van der Waals surface area contributed by atoms with E-state index in [0.29, 0.717) is 5.92 Å². The Morgan fingerprint density at radius 2 is 2.15 bits per heavy atom. The lowest BCUT2D eigenvalue weighted by Gasteiger charge is -2.19. The average Bonchev–Trinajstić information content (AvgIpc) is 2.87. The molecule has 5 heteroatoms. The lowest BCUT2D eigenvalue weighted by molar-refractivity contribution is 0.382. The van der Waals surface area contributed by atoms with Gasteiger partial charge in [0.1, 0.15) is 5.76 Å². The van der Waals surface area contributed by atoms with Crippen molar-refractivity contribution in [3.8, 4) is 0 Å². The molecule has 0 atom stereocenters. The fraction of sp³-hybridized carbons (Fsp3) is 0.667. The van der Waals surface area contributed by atoms with Gasteiger partial charge in [-0.15, -0.1) is 5.10 Å². The second kappa shape index (κ2) is 4.43. The van der Waals surface area contributed by atoms with E-state index in [1.54, 1.807) is 0 Å². The first kappa shape index (κ1) is 12.1. The Morgan fingerprint density at radius 3 is 2.90 bits per heavy atom.